The minimum absolute atomic E-state index is 0.420. The van der Waals surface area contributed by atoms with Gasteiger partial charge in [-0.2, -0.15) is 0 Å². The molecule has 4 heteroatoms. The van der Waals surface area contributed by atoms with Crippen molar-refractivity contribution in [2.75, 3.05) is 0 Å². The highest BCUT2D eigenvalue weighted by Crippen LogP contribution is 2.09. The number of halogens is 1. The van der Waals surface area contributed by atoms with Gasteiger partial charge in [-0.3, -0.25) is 5.10 Å². The van der Waals surface area contributed by atoms with E-state index in [0.29, 0.717) is 10.7 Å². The van der Waals surface area contributed by atoms with E-state index in [4.69, 9.17) is 0 Å². The number of hydrogen-bond donors (Lipinski definition) is 1. The molecule has 1 heterocycles. The van der Waals surface area contributed by atoms with Gasteiger partial charge in [-0.05, 0) is 15.9 Å². The standard InChI is InChI=1S/C5H8BrN3/c1-3(2)4-7-5(6)9-8-4/h3H,1-2H3,(H,7,8,9). The molecule has 0 radical (unpaired) electrons. The topological polar surface area (TPSA) is 41.6 Å². The van der Waals surface area contributed by atoms with Crippen molar-refractivity contribution < 1.29 is 0 Å². The number of nitrogens with zero attached hydrogens (tertiary/aromatic N) is 2. The Balaban J connectivity index is 2.85. The van der Waals surface area contributed by atoms with Crippen LogP contribution >= 0.6 is 15.9 Å². The Bertz CT molecular complexity index is 194. The second-order valence-corrected chi connectivity index (χ2v) is 2.85. The van der Waals surface area contributed by atoms with Crippen LogP contribution in [0.25, 0.3) is 0 Å². The molecule has 0 aliphatic carbocycles. The highest BCUT2D eigenvalue weighted by atomic mass is 79.9. The average molecular weight is 190 g/mol. The van der Waals surface area contributed by atoms with Crippen LogP contribution < -0.4 is 0 Å². The van der Waals surface area contributed by atoms with Crippen LogP contribution in [-0.4, -0.2) is 15.2 Å². The predicted octanol–water partition coefficient (Wildman–Crippen LogP) is 1.69. The third-order valence-electron chi connectivity index (χ3n) is 1.02. The van der Waals surface area contributed by atoms with E-state index in [-0.39, 0.29) is 0 Å². The molecule has 1 aromatic heterocycles. The Labute approximate surface area is 62.0 Å². The molecule has 1 rings (SSSR count). The van der Waals surface area contributed by atoms with Gasteiger partial charge in [0.15, 0.2) is 0 Å². The SMILES string of the molecule is CC(C)c1nc(Br)n[nH]1. The van der Waals surface area contributed by atoms with Gasteiger partial charge in [0.05, 0.1) is 0 Å². The van der Waals surface area contributed by atoms with Gasteiger partial charge in [0.1, 0.15) is 5.82 Å². The summed E-state index contributed by atoms with van der Waals surface area (Å²) in [4.78, 5) is 4.06. The first kappa shape index (κ1) is 6.74. The molecular formula is C5H8BrN3. The van der Waals surface area contributed by atoms with E-state index in [2.05, 4.69) is 45.0 Å². The number of H-pyrrole nitrogens is 1. The third kappa shape index (κ3) is 1.51. The van der Waals surface area contributed by atoms with Gasteiger partial charge >= 0.3 is 0 Å². The molecule has 1 aromatic rings. The molecule has 0 spiro atoms. The summed E-state index contributed by atoms with van der Waals surface area (Å²) >= 11 is 3.15. The summed E-state index contributed by atoms with van der Waals surface area (Å²) in [6, 6.07) is 0. The lowest BCUT2D eigenvalue weighted by atomic mass is 10.2. The van der Waals surface area contributed by atoms with Gasteiger partial charge in [-0.15, -0.1) is 5.10 Å². The van der Waals surface area contributed by atoms with E-state index < -0.39 is 0 Å². The van der Waals surface area contributed by atoms with Crippen LogP contribution in [0.1, 0.15) is 25.6 Å². The van der Waals surface area contributed by atoms with Crippen LogP contribution in [0.5, 0.6) is 0 Å². The minimum Gasteiger partial charge on any atom is -0.262 e. The number of rotatable bonds is 1. The number of hydrogen-bond acceptors (Lipinski definition) is 2. The predicted molar refractivity (Wildman–Crippen MR) is 38.2 cm³/mol. The van der Waals surface area contributed by atoms with Crippen molar-refractivity contribution in [2.24, 2.45) is 0 Å². The maximum atomic E-state index is 4.06. The summed E-state index contributed by atoms with van der Waals surface area (Å²) in [5, 5.41) is 6.62. The number of nitrogens with one attached hydrogen (secondary N) is 1. The quantitative estimate of drug-likeness (QED) is 0.731. The zero-order chi connectivity index (χ0) is 6.85. The first-order valence-electron chi connectivity index (χ1n) is 2.78. The van der Waals surface area contributed by atoms with Crippen molar-refractivity contribution in [1.82, 2.24) is 15.2 Å². The lowest BCUT2D eigenvalue weighted by Gasteiger charge is -1.93. The maximum Gasteiger partial charge on any atom is 0.217 e. The second kappa shape index (κ2) is 2.47. The van der Waals surface area contributed by atoms with Crippen LogP contribution in [0.15, 0.2) is 4.73 Å². The smallest absolute Gasteiger partial charge is 0.217 e. The molecule has 0 atom stereocenters. The summed E-state index contributed by atoms with van der Waals surface area (Å²) in [6.07, 6.45) is 0. The van der Waals surface area contributed by atoms with Crippen molar-refractivity contribution >= 4 is 15.9 Å². The van der Waals surface area contributed by atoms with Crippen molar-refractivity contribution in [3.63, 3.8) is 0 Å². The van der Waals surface area contributed by atoms with E-state index in [1.807, 2.05) is 0 Å². The summed E-state index contributed by atoms with van der Waals surface area (Å²) in [7, 11) is 0. The lowest BCUT2D eigenvalue weighted by Crippen LogP contribution is -1.88. The van der Waals surface area contributed by atoms with E-state index in [1.165, 1.54) is 0 Å². The minimum atomic E-state index is 0.420. The molecule has 0 unspecified atom stereocenters. The van der Waals surface area contributed by atoms with Gasteiger partial charge in [-0.25, -0.2) is 4.98 Å². The number of aromatic nitrogens is 3. The normalized spacial score (nSPS) is 10.7. The van der Waals surface area contributed by atoms with Crippen molar-refractivity contribution in [1.29, 1.82) is 0 Å². The van der Waals surface area contributed by atoms with Crippen LogP contribution in [0.2, 0.25) is 0 Å². The molecule has 0 aliphatic heterocycles. The molecule has 0 amide bonds. The van der Waals surface area contributed by atoms with E-state index >= 15 is 0 Å². The zero-order valence-electron chi connectivity index (χ0n) is 5.35. The maximum absolute atomic E-state index is 4.06. The van der Waals surface area contributed by atoms with E-state index in [1.54, 1.807) is 0 Å². The average Bonchev–Trinajstić information content (AvgIpc) is 2.14. The van der Waals surface area contributed by atoms with E-state index in [0.717, 1.165) is 5.82 Å². The monoisotopic (exact) mass is 189 g/mol. The summed E-state index contributed by atoms with van der Waals surface area (Å²) in [6.45, 7) is 4.12. The fraction of sp³-hybridized carbons (Fsp3) is 0.600. The van der Waals surface area contributed by atoms with Crippen LogP contribution in [0, 0.1) is 0 Å². The van der Waals surface area contributed by atoms with Gasteiger partial charge in [0.25, 0.3) is 0 Å². The van der Waals surface area contributed by atoms with Gasteiger partial charge in [-0.1, -0.05) is 13.8 Å². The van der Waals surface area contributed by atoms with Crippen molar-refractivity contribution in [3.05, 3.63) is 10.6 Å². The van der Waals surface area contributed by atoms with Crippen LogP contribution in [0.3, 0.4) is 0 Å². The molecule has 1 N–H and O–H groups in total. The Morgan fingerprint density at radius 3 is 2.44 bits per heavy atom. The molecule has 0 aliphatic rings. The third-order valence-corrected chi connectivity index (χ3v) is 1.38. The fourth-order valence-corrected chi connectivity index (χ4v) is 0.791. The van der Waals surface area contributed by atoms with Crippen molar-refractivity contribution in [2.45, 2.75) is 19.8 Å². The summed E-state index contributed by atoms with van der Waals surface area (Å²) in [5.41, 5.74) is 0. The highest BCUT2D eigenvalue weighted by molar-refractivity contribution is 9.10. The number of aromatic amines is 1. The Morgan fingerprint density at radius 1 is 1.56 bits per heavy atom. The Morgan fingerprint density at radius 2 is 2.22 bits per heavy atom. The van der Waals surface area contributed by atoms with Crippen LogP contribution in [-0.2, 0) is 0 Å². The Kier molecular flexibility index (Phi) is 1.85. The molecular weight excluding hydrogens is 182 g/mol. The van der Waals surface area contributed by atoms with Crippen molar-refractivity contribution in [3.8, 4) is 0 Å². The van der Waals surface area contributed by atoms with Gasteiger partial charge < -0.3 is 0 Å². The second-order valence-electron chi connectivity index (χ2n) is 2.14. The lowest BCUT2D eigenvalue weighted by molar-refractivity contribution is 0.781. The zero-order valence-corrected chi connectivity index (χ0v) is 6.94. The highest BCUT2D eigenvalue weighted by Gasteiger charge is 2.02. The first-order valence-corrected chi connectivity index (χ1v) is 3.57. The van der Waals surface area contributed by atoms with Gasteiger partial charge in [0, 0.05) is 5.92 Å². The molecule has 0 fully saturated rings. The molecule has 0 saturated carbocycles. The molecule has 0 bridgehead atoms. The van der Waals surface area contributed by atoms with E-state index in [9.17, 15) is 0 Å². The molecule has 50 valence electrons. The fourth-order valence-electron chi connectivity index (χ4n) is 0.511. The molecule has 0 saturated heterocycles. The molecule has 0 aromatic carbocycles. The largest absolute Gasteiger partial charge is 0.262 e. The molecule has 3 nitrogen and oxygen atoms in total. The Hall–Kier alpha value is -0.380. The first-order chi connectivity index (χ1) is 4.20. The summed E-state index contributed by atoms with van der Waals surface area (Å²) < 4.78 is 0.631. The van der Waals surface area contributed by atoms with Gasteiger partial charge in [0.2, 0.25) is 4.73 Å². The summed E-state index contributed by atoms with van der Waals surface area (Å²) in [5.74, 6) is 1.34. The van der Waals surface area contributed by atoms with Crippen LogP contribution in [0.4, 0.5) is 0 Å². The molecule has 9 heavy (non-hydrogen) atoms.